The van der Waals surface area contributed by atoms with Gasteiger partial charge in [0.05, 0.1) is 11.4 Å². The van der Waals surface area contributed by atoms with E-state index >= 15 is 0 Å². The maximum Gasteiger partial charge on any atom is 0.235 e. The molecular weight excluding hydrogens is 367 g/mol. The van der Waals surface area contributed by atoms with Crippen molar-refractivity contribution < 1.29 is 17.6 Å². The molecule has 1 saturated heterocycles. The highest BCUT2D eigenvalue weighted by atomic mass is 32.2. The number of sulfonamides is 1. The minimum Gasteiger partial charge on any atom is -0.326 e. The van der Waals surface area contributed by atoms with Gasteiger partial charge in [0.2, 0.25) is 15.9 Å². The van der Waals surface area contributed by atoms with Gasteiger partial charge >= 0.3 is 0 Å². The normalized spacial score (nSPS) is 15.7. The highest BCUT2D eigenvalue weighted by Gasteiger charge is 2.28. The second-order valence-corrected chi connectivity index (χ2v) is 8.68. The van der Waals surface area contributed by atoms with Crippen LogP contribution in [0.4, 0.5) is 15.8 Å². The molecule has 1 aliphatic rings. The van der Waals surface area contributed by atoms with Gasteiger partial charge in [-0.15, -0.1) is 0 Å². The molecule has 0 unspecified atom stereocenters. The largest absolute Gasteiger partial charge is 0.326 e. The Hall–Kier alpha value is -2.41. The van der Waals surface area contributed by atoms with Gasteiger partial charge in [-0.2, -0.15) is 0 Å². The van der Waals surface area contributed by atoms with Crippen LogP contribution in [0.1, 0.15) is 31.2 Å². The Balaban J connectivity index is 1.43. The van der Waals surface area contributed by atoms with Gasteiger partial charge in [0.15, 0.2) is 0 Å². The number of nitrogens with zero attached hydrogens (tertiary/aromatic N) is 1. The lowest BCUT2D eigenvalue weighted by atomic mass is 10.1. The number of hydrogen-bond acceptors (Lipinski definition) is 3. The number of anilines is 2. The van der Waals surface area contributed by atoms with Crippen molar-refractivity contribution in [2.45, 2.75) is 32.1 Å². The molecule has 1 amide bonds. The third-order valence-electron chi connectivity index (χ3n) is 4.57. The fraction of sp³-hybridized carbons (Fsp3) is 0.350. The summed E-state index contributed by atoms with van der Waals surface area (Å²) in [7, 11) is -3.19. The van der Waals surface area contributed by atoms with Gasteiger partial charge in [-0.1, -0.05) is 12.1 Å². The van der Waals surface area contributed by atoms with Gasteiger partial charge < -0.3 is 5.32 Å². The van der Waals surface area contributed by atoms with Crippen molar-refractivity contribution in [3.05, 3.63) is 59.9 Å². The van der Waals surface area contributed by atoms with Gasteiger partial charge in [0.1, 0.15) is 5.82 Å². The van der Waals surface area contributed by atoms with Crippen LogP contribution in [0.15, 0.2) is 48.5 Å². The number of halogens is 1. The SMILES string of the molecule is O=C(CCCCc1ccc(F)cc1)Nc1ccc(N2CCCS2(=O)=O)cc1. The Morgan fingerprint density at radius 1 is 1.04 bits per heavy atom. The topological polar surface area (TPSA) is 66.5 Å². The van der Waals surface area contributed by atoms with Gasteiger partial charge in [-0.25, -0.2) is 12.8 Å². The van der Waals surface area contributed by atoms with Crippen molar-refractivity contribution in [1.82, 2.24) is 0 Å². The molecule has 0 spiro atoms. The number of hydrogen-bond donors (Lipinski definition) is 1. The summed E-state index contributed by atoms with van der Waals surface area (Å²) < 4.78 is 38.1. The Morgan fingerprint density at radius 3 is 2.37 bits per heavy atom. The number of rotatable bonds is 7. The lowest BCUT2D eigenvalue weighted by molar-refractivity contribution is -0.116. The smallest absolute Gasteiger partial charge is 0.235 e. The quantitative estimate of drug-likeness (QED) is 0.733. The van der Waals surface area contributed by atoms with Crippen LogP contribution in [0.25, 0.3) is 0 Å². The number of carbonyl (C=O) groups excluding carboxylic acids is 1. The van der Waals surface area contributed by atoms with Crippen LogP contribution in [0.5, 0.6) is 0 Å². The fourth-order valence-corrected chi connectivity index (χ4v) is 4.69. The monoisotopic (exact) mass is 390 g/mol. The molecule has 27 heavy (non-hydrogen) atoms. The van der Waals surface area contributed by atoms with E-state index < -0.39 is 10.0 Å². The molecule has 0 saturated carbocycles. The lowest BCUT2D eigenvalue weighted by Crippen LogP contribution is -2.24. The zero-order valence-corrected chi connectivity index (χ0v) is 15.8. The first-order valence-corrected chi connectivity index (χ1v) is 10.7. The summed E-state index contributed by atoms with van der Waals surface area (Å²) in [4.78, 5) is 12.0. The number of unbranched alkanes of at least 4 members (excludes halogenated alkanes) is 1. The lowest BCUT2D eigenvalue weighted by Gasteiger charge is -2.17. The zero-order chi connectivity index (χ0) is 19.3. The number of benzene rings is 2. The summed E-state index contributed by atoms with van der Waals surface area (Å²) in [6, 6.07) is 13.3. The molecule has 1 N–H and O–H groups in total. The molecule has 0 bridgehead atoms. The van der Waals surface area contributed by atoms with E-state index in [4.69, 9.17) is 0 Å². The summed E-state index contributed by atoms with van der Waals surface area (Å²) in [6.07, 6.45) is 3.45. The first-order valence-electron chi connectivity index (χ1n) is 9.09. The van der Waals surface area contributed by atoms with E-state index in [-0.39, 0.29) is 17.5 Å². The molecule has 2 aromatic rings. The Labute approximate surface area is 159 Å². The minimum atomic E-state index is -3.19. The van der Waals surface area contributed by atoms with Crippen molar-refractivity contribution in [2.24, 2.45) is 0 Å². The molecule has 2 aromatic carbocycles. The second-order valence-electron chi connectivity index (χ2n) is 6.67. The average molecular weight is 390 g/mol. The Bertz CT molecular complexity index is 880. The number of nitrogens with one attached hydrogen (secondary N) is 1. The molecule has 0 radical (unpaired) electrons. The highest BCUT2D eigenvalue weighted by Crippen LogP contribution is 2.25. The molecule has 1 heterocycles. The number of carbonyl (C=O) groups is 1. The van der Waals surface area contributed by atoms with Crippen LogP contribution >= 0.6 is 0 Å². The summed E-state index contributed by atoms with van der Waals surface area (Å²) in [5.74, 6) is -0.134. The standard InChI is InChI=1S/C20H23FN2O3S/c21-17-8-6-16(7-9-17)4-1-2-5-20(24)22-18-10-12-19(13-11-18)23-14-3-15-27(23,25)26/h6-13H,1-5,14-15H2,(H,22,24). The highest BCUT2D eigenvalue weighted by molar-refractivity contribution is 7.93. The zero-order valence-electron chi connectivity index (χ0n) is 15.0. The maximum atomic E-state index is 12.9. The van der Waals surface area contributed by atoms with E-state index in [0.29, 0.717) is 30.8 Å². The molecule has 0 aliphatic carbocycles. The molecule has 1 aliphatic heterocycles. The molecule has 1 fully saturated rings. The van der Waals surface area contributed by atoms with Crippen LogP contribution in [0.3, 0.4) is 0 Å². The number of aryl methyl sites for hydroxylation is 1. The van der Waals surface area contributed by atoms with Crippen LogP contribution in [-0.2, 0) is 21.2 Å². The van der Waals surface area contributed by atoms with Crippen molar-refractivity contribution in [1.29, 1.82) is 0 Å². The van der Waals surface area contributed by atoms with E-state index in [1.165, 1.54) is 16.4 Å². The van der Waals surface area contributed by atoms with Crippen molar-refractivity contribution in [3.63, 3.8) is 0 Å². The van der Waals surface area contributed by atoms with Crippen molar-refractivity contribution in [3.8, 4) is 0 Å². The van der Waals surface area contributed by atoms with E-state index in [9.17, 15) is 17.6 Å². The van der Waals surface area contributed by atoms with Gasteiger partial charge in [-0.3, -0.25) is 9.10 Å². The molecular formula is C20H23FN2O3S. The molecule has 144 valence electrons. The molecule has 5 nitrogen and oxygen atoms in total. The van der Waals surface area contributed by atoms with E-state index in [1.54, 1.807) is 36.4 Å². The average Bonchev–Trinajstić information content (AvgIpc) is 3.00. The third-order valence-corrected chi connectivity index (χ3v) is 6.44. The van der Waals surface area contributed by atoms with Crippen LogP contribution in [0.2, 0.25) is 0 Å². The first-order chi connectivity index (χ1) is 12.9. The minimum absolute atomic E-state index is 0.0735. The maximum absolute atomic E-state index is 12.9. The summed E-state index contributed by atoms with van der Waals surface area (Å²) in [5, 5.41) is 2.83. The number of amides is 1. The molecule has 0 atom stereocenters. The van der Waals surface area contributed by atoms with Crippen LogP contribution < -0.4 is 9.62 Å². The van der Waals surface area contributed by atoms with Crippen LogP contribution in [0, 0.1) is 5.82 Å². The molecule has 0 aromatic heterocycles. The van der Waals surface area contributed by atoms with Crippen molar-refractivity contribution >= 4 is 27.3 Å². The Kier molecular flexibility index (Phi) is 6.11. The third kappa shape index (κ3) is 5.29. The van der Waals surface area contributed by atoms with Crippen LogP contribution in [-0.4, -0.2) is 26.6 Å². The van der Waals surface area contributed by atoms with E-state index in [2.05, 4.69) is 5.32 Å². The van der Waals surface area contributed by atoms with Crippen molar-refractivity contribution in [2.75, 3.05) is 21.9 Å². The summed E-state index contributed by atoms with van der Waals surface area (Å²) in [6.45, 7) is 0.502. The molecule has 7 heteroatoms. The first kappa shape index (κ1) is 19.4. The fourth-order valence-electron chi connectivity index (χ4n) is 3.13. The molecule has 3 rings (SSSR count). The predicted molar refractivity (Wildman–Crippen MR) is 105 cm³/mol. The van der Waals surface area contributed by atoms with E-state index in [0.717, 1.165) is 24.8 Å². The van der Waals surface area contributed by atoms with Gasteiger partial charge in [-0.05, 0) is 67.6 Å². The predicted octanol–water partition coefficient (Wildman–Crippen LogP) is 3.72. The second kappa shape index (κ2) is 8.52. The summed E-state index contributed by atoms with van der Waals surface area (Å²) in [5.41, 5.74) is 2.34. The van der Waals surface area contributed by atoms with Gasteiger partial charge in [0.25, 0.3) is 0 Å². The summed E-state index contributed by atoms with van der Waals surface area (Å²) >= 11 is 0. The Morgan fingerprint density at radius 2 is 1.74 bits per heavy atom. The van der Waals surface area contributed by atoms with E-state index in [1.807, 2.05) is 0 Å². The van der Waals surface area contributed by atoms with Gasteiger partial charge in [0, 0.05) is 18.7 Å².